The zero-order chi connectivity index (χ0) is 16.7. The Bertz CT molecular complexity index is 692. The van der Waals surface area contributed by atoms with Crippen LogP contribution in [0.2, 0.25) is 0 Å². The normalized spacial score (nSPS) is 10.0. The monoisotopic (exact) mass is 377 g/mol. The summed E-state index contributed by atoms with van der Waals surface area (Å²) < 4.78 is 6.20. The molecule has 0 bridgehead atoms. The summed E-state index contributed by atoms with van der Waals surface area (Å²) >= 11 is 3.40. The van der Waals surface area contributed by atoms with Crippen LogP contribution in [-0.2, 0) is 11.2 Å². The third-order valence-corrected chi connectivity index (χ3v) is 3.62. The molecule has 0 atom stereocenters. The highest BCUT2D eigenvalue weighted by molar-refractivity contribution is 9.10. The lowest BCUT2D eigenvalue weighted by Gasteiger charge is -2.10. The molecule has 0 unspecified atom stereocenters. The van der Waals surface area contributed by atoms with Crippen LogP contribution in [0.25, 0.3) is 0 Å². The van der Waals surface area contributed by atoms with Crippen molar-refractivity contribution in [1.82, 2.24) is 15.8 Å². The molecule has 7 heteroatoms. The standard InChI is InChI=1S/C16H16BrN3O3/c1-2-11-5-6-14(13(17)8-11)23-10-15(21)19-20-16(22)12-4-3-7-18-9-12/h3-9H,2,10H2,1H3,(H,19,21)(H,20,22). The number of ether oxygens (including phenoxy) is 1. The summed E-state index contributed by atoms with van der Waals surface area (Å²) in [5, 5.41) is 0. The van der Waals surface area contributed by atoms with E-state index in [9.17, 15) is 9.59 Å². The molecule has 23 heavy (non-hydrogen) atoms. The maximum absolute atomic E-state index is 11.7. The molecule has 6 nitrogen and oxygen atoms in total. The van der Waals surface area contributed by atoms with Crippen LogP contribution >= 0.6 is 15.9 Å². The van der Waals surface area contributed by atoms with E-state index in [1.807, 2.05) is 12.1 Å². The van der Waals surface area contributed by atoms with Crippen LogP contribution in [0.3, 0.4) is 0 Å². The van der Waals surface area contributed by atoms with E-state index in [-0.39, 0.29) is 6.61 Å². The maximum atomic E-state index is 11.7. The Kier molecular flexibility index (Phi) is 6.10. The fraction of sp³-hybridized carbons (Fsp3) is 0.188. The largest absolute Gasteiger partial charge is 0.483 e. The predicted octanol–water partition coefficient (Wildman–Crippen LogP) is 2.25. The van der Waals surface area contributed by atoms with Crippen molar-refractivity contribution in [1.29, 1.82) is 0 Å². The van der Waals surface area contributed by atoms with Gasteiger partial charge >= 0.3 is 0 Å². The van der Waals surface area contributed by atoms with Crippen molar-refractivity contribution >= 4 is 27.7 Å². The maximum Gasteiger partial charge on any atom is 0.276 e. The molecular formula is C16H16BrN3O3. The molecule has 2 amide bonds. The number of benzene rings is 1. The van der Waals surface area contributed by atoms with Gasteiger partial charge in [-0.2, -0.15) is 0 Å². The van der Waals surface area contributed by atoms with Gasteiger partial charge in [-0.1, -0.05) is 13.0 Å². The van der Waals surface area contributed by atoms with E-state index < -0.39 is 11.8 Å². The van der Waals surface area contributed by atoms with Crippen molar-refractivity contribution < 1.29 is 14.3 Å². The second-order valence-corrected chi connectivity index (χ2v) is 5.51. The number of carbonyl (C=O) groups excluding carboxylic acids is 2. The van der Waals surface area contributed by atoms with Crippen LogP contribution < -0.4 is 15.6 Å². The quantitative estimate of drug-likeness (QED) is 0.783. The number of amides is 2. The fourth-order valence-electron chi connectivity index (χ4n) is 1.76. The van der Waals surface area contributed by atoms with Crippen molar-refractivity contribution in [3.05, 3.63) is 58.3 Å². The highest BCUT2D eigenvalue weighted by Crippen LogP contribution is 2.26. The van der Waals surface area contributed by atoms with Gasteiger partial charge in [0.25, 0.3) is 11.8 Å². The summed E-state index contributed by atoms with van der Waals surface area (Å²) in [5.74, 6) is -0.343. The van der Waals surface area contributed by atoms with E-state index in [0.717, 1.165) is 16.5 Å². The Morgan fingerprint density at radius 2 is 2.09 bits per heavy atom. The minimum absolute atomic E-state index is 0.211. The van der Waals surface area contributed by atoms with Gasteiger partial charge < -0.3 is 4.74 Å². The molecule has 2 aromatic rings. The number of halogens is 1. The van der Waals surface area contributed by atoms with Crippen LogP contribution in [0.1, 0.15) is 22.8 Å². The number of aryl methyl sites for hydroxylation is 1. The van der Waals surface area contributed by atoms with E-state index in [1.165, 1.54) is 6.20 Å². The van der Waals surface area contributed by atoms with Gasteiger partial charge in [0, 0.05) is 12.4 Å². The number of nitrogens with one attached hydrogen (secondary N) is 2. The number of hydrogen-bond acceptors (Lipinski definition) is 4. The third-order valence-electron chi connectivity index (χ3n) is 3.00. The molecule has 120 valence electrons. The van der Waals surface area contributed by atoms with Gasteiger partial charge in [-0.05, 0) is 52.2 Å². The van der Waals surface area contributed by atoms with E-state index in [2.05, 4.69) is 38.7 Å². The van der Waals surface area contributed by atoms with Gasteiger partial charge in [0.2, 0.25) is 0 Å². The van der Waals surface area contributed by atoms with Gasteiger partial charge in [-0.15, -0.1) is 0 Å². The lowest BCUT2D eigenvalue weighted by atomic mass is 10.2. The smallest absolute Gasteiger partial charge is 0.276 e. The van der Waals surface area contributed by atoms with Crippen LogP contribution in [0.5, 0.6) is 5.75 Å². The Morgan fingerprint density at radius 3 is 2.74 bits per heavy atom. The summed E-state index contributed by atoms with van der Waals surface area (Å²) in [6, 6.07) is 8.90. The van der Waals surface area contributed by atoms with Gasteiger partial charge in [0.15, 0.2) is 6.61 Å². The molecule has 1 aromatic carbocycles. The van der Waals surface area contributed by atoms with E-state index in [4.69, 9.17) is 4.74 Å². The highest BCUT2D eigenvalue weighted by atomic mass is 79.9. The number of carbonyl (C=O) groups is 2. The highest BCUT2D eigenvalue weighted by Gasteiger charge is 2.09. The first-order valence-electron chi connectivity index (χ1n) is 7.00. The first-order chi connectivity index (χ1) is 11.1. The minimum atomic E-state index is -0.464. The summed E-state index contributed by atoms with van der Waals surface area (Å²) in [7, 11) is 0. The van der Waals surface area contributed by atoms with Crippen molar-refractivity contribution in [2.24, 2.45) is 0 Å². The summed E-state index contributed by atoms with van der Waals surface area (Å²) in [5.41, 5.74) is 6.10. The number of aromatic nitrogens is 1. The molecule has 2 N–H and O–H groups in total. The average Bonchev–Trinajstić information content (AvgIpc) is 2.59. The molecule has 2 rings (SSSR count). The van der Waals surface area contributed by atoms with E-state index >= 15 is 0 Å². The number of nitrogens with zero attached hydrogens (tertiary/aromatic N) is 1. The van der Waals surface area contributed by atoms with Crippen LogP contribution in [-0.4, -0.2) is 23.4 Å². The summed E-state index contributed by atoms with van der Waals surface area (Å²) in [6.45, 7) is 1.85. The Morgan fingerprint density at radius 1 is 1.26 bits per heavy atom. The topological polar surface area (TPSA) is 80.3 Å². The van der Waals surface area contributed by atoms with Gasteiger partial charge in [-0.3, -0.25) is 25.4 Å². The molecule has 0 spiro atoms. The molecule has 0 radical (unpaired) electrons. The lowest BCUT2D eigenvalue weighted by molar-refractivity contribution is -0.123. The molecule has 1 heterocycles. The zero-order valence-electron chi connectivity index (χ0n) is 12.5. The Balaban J connectivity index is 1.80. The summed E-state index contributed by atoms with van der Waals surface area (Å²) in [6.07, 6.45) is 3.88. The Labute approximate surface area is 142 Å². The third kappa shape index (κ3) is 5.07. The van der Waals surface area contributed by atoms with Crippen LogP contribution in [0, 0.1) is 0 Å². The first kappa shape index (κ1) is 17.0. The minimum Gasteiger partial charge on any atom is -0.483 e. The lowest BCUT2D eigenvalue weighted by Crippen LogP contribution is -2.43. The molecule has 1 aromatic heterocycles. The molecule has 0 aliphatic carbocycles. The zero-order valence-corrected chi connectivity index (χ0v) is 14.1. The summed E-state index contributed by atoms with van der Waals surface area (Å²) in [4.78, 5) is 27.3. The molecule has 0 saturated heterocycles. The average molecular weight is 378 g/mol. The molecule has 0 saturated carbocycles. The van der Waals surface area contributed by atoms with Crippen molar-refractivity contribution in [2.75, 3.05) is 6.61 Å². The first-order valence-corrected chi connectivity index (χ1v) is 7.80. The Hall–Kier alpha value is -2.41. The number of pyridine rings is 1. The molecule has 0 aliphatic heterocycles. The number of hydrazine groups is 1. The van der Waals surface area contributed by atoms with E-state index in [1.54, 1.807) is 24.4 Å². The van der Waals surface area contributed by atoms with Gasteiger partial charge in [0.1, 0.15) is 5.75 Å². The van der Waals surface area contributed by atoms with Crippen molar-refractivity contribution in [3.8, 4) is 5.75 Å². The molecular weight excluding hydrogens is 362 g/mol. The van der Waals surface area contributed by atoms with Gasteiger partial charge in [0.05, 0.1) is 10.0 Å². The SMILES string of the molecule is CCc1ccc(OCC(=O)NNC(=O)c2cccnc2)c(Br)c1. The second-order valence-electron chi connectivity index (χ2n) is 4.65. The van der Waals surface area contributed by atoms with E-state index in [0.29, 0.717) is 11.3 Å². The molecule has 0 fully saturated rings. The predicted molar refractivity (Wildman–Crippen MR) is 88.9 cm³/mol. The second kappa shape index (κ2) is 8.28. The van der Waals surface area contributed by atoms with Crippen molar-refractivity contribution in [3.63, 3.8) is 0 Å². The molecule has 0 aliphatic rings. The van der Waals surface area contributed by atoms with Crippen LogP contribution in [0.15, 0.2) is 47.2 Å². The van der Waals surface area contributed by atoms with Gasteiger partial charge in [-0.25, -0.2) is 0 Å². The fourth-order valence-corrected chi connectivity index (χ4v) is 2.30. The number of rotatable bonds is 5. The number of hydrogen-bond donors (Lipinski definition) is 2. The van der Waals surface area contributed by atoms with Crippen LogP contribution in [0.4, 0.5) is 0 Å². The van der Waals surface area contributed by atoms with Crippen molar-refractivity contribution in [2.45, 2.75) is 13.3 Å².